The Hall–Kier alpha value is -2.14. The Bertz CT molecular complexity index is 766. The quantitative estimate of drug-likeness (QED) is 0.738. The van der Waals surface area contributed by atoms with E-state index < -0.39 is 0 Å². The van der Waals surface area contributed by atoms with Crippen molar-refractivity contribution < 1.29 is 0 Å². The Kier molecular flexibility index (Phi) is 3.51. The van der Waals surface area contributed by atoms with Crippen LogP contribution < -0.4 is 0 Å². The first-order valence-corrected chi connectivity index (χ1v) is 7.23. The van der Waals surface area contributed by atoms with Gasteiger partial charge in [-0.2, -0.15) is 5.10 Å². The van der Waals surface area contributed by atoms with Crippen LogP contribution in [0.5, 0.6) is 0 Å². The SMILES string of the molecule is CCn1nc(-c2nc3ccccc3n2C)cc1CN(C)C. The van der Waals surface area contributed by atoms with Crippen LogP contribution in [0.4, 0.5) is 0 Å². The zero-order valence-electron chi connectivity index (χ0n) is 13.0. The highest BCUT2D eigenvalue weighted by Gasteiger charge is 2.15. The third-order valence-corrected chi connectivity index (χ3v) is 3.66. The molecule has 0 saturated carbocycles. The summed E-state index contributed by atoms with van der Waals surface area (Å²) in [6.45, 7) is 3.86. The lowest BCUT2D eigenvalue weighted by molar-refractivity contribution is 0.383. The number of para-hydroxylation sites is 2. The first-order valence-electron chi connectivity index (χ1n) is 7.23. The lowest BCUT2D eigenvalue weighted by Crippen LogP contribution is -2.14. The standard InChI is InChI=1S/C16H21N5/c1-5-21-12(11-19(2)3)10-14(18-21)16-17-13-8-6-7-9-15(13)20(16)4/h6-10H,5,11H2,1-4H3. The van der Waals surface area contributed by atoms with Crippen molar-refractivity contribution in [3.05, 3.63) is 36.0 Å². The van der Waals surface area contributed by atoms with E-state index >= 15 is 0 Å². The van der Waals surface area contributed by atoms with E-state index in [1.807, 2.05) is 25.2 Å². The fourth-order valence-corrected chi connectivity index (χ4v) is 2.66. The summed E-state index contributed by atoms with van der Waals surface area (Å²) in [7, 11) is 6.19. The second-order valence-electron chi connectivity index (χ2n) is 5.56. The normalized spacial score (nSPS) is 11.7. The summed E-state index contributed by atoms with van der Waals surface area (Å²) in [4.78, 5) is 6.88. The first-order chi connectivity index (χ1) is 10.1. The Labute approximate surface area is 124 Å². The molecule has 110 valence electrons. The van der Waals surface area contributed by atoms with Crippen LogP contribution in [0.1, 0.15) is 12.6 Å². The smallest absolute Gasteiger partial charge is 0.161 e. The first kappa shape index (κ1) is 13.8. The van der Waals surface area contributed by atoms with E-state index in [1.54, 1.807) is 0 Å². The van der Waals surface area contributed by atoms with Crippen molar-refractivity contribution in [2.75, 3.05) is 14.1 Å². The predicted octanol–water partition coefficient (Wildman–Crippen LogP) is 2.52. The van der Waals surface area contributed by atoms with Crippen LogP contribution in [0.15, 0.2) is 30.3 Å². The van der Waals surface area contributed by atoms with Gasteiger partial charge in [0.1, 0.15) is 5.69 Å². The molecule has 3 rings (SSSR count). The van der Waals surface area contributed by atoms with E-state index in [0.717, 1.165) is 35.6 Å². The molecular formula is C16H21N5. The number of hydrogen-bond acceptors (Lipinski definition) is 3. The summed E-state index contributed by atoms with van der Waals surface area (Å²) in [5.41, 5.74) is 4.29. The third kappa shape index (κ3) is 2.45. The second-order valence-corrected chi connectivity index (χ2v) is 5.56. The topological polar surface area (TPSA) is 38.9 Å². The second kappa shape index (κ2) is 5.33. The predicted molar refractivity (Wildman–Crippen MR) is 85.0 cm³/mol. The summed E-state index contributed by atoms with van der Waals surface area (Å²) in [6.07, 6.45) is 0. The molecule has 0 N–H and O–H groups in total. The molecule has 0 amide bonds. The number of fused-ring (bicyclic) bond motifs is 1. The molecule has 21 heavy (non-hydrogen) atoms. The highest BCUT2D eigenvalue weighted by atomic mass is 15.3. The Morgan fingerprint density at radius 2 is 1.95 bits per heavy atom. The van der Waals surface area contributed by atoms with E-state index in [0.29, 0.717) is 0 Å². The van der Waals surface area contributed by atoms with Crippen LogP contribution in [-0.4, -0.2) is 38.3 Å². The van der Waals surface area contributed by atoms with Gasteiger partial charge >= 0.3 is 0 Å². The molecule has 0 saturated heterocycles. The fourth-order valence-electron chi connectivity index (χ4n) is 2.66. The molecule has 0 aliphatic rings. The average Bonchev–Trinajstić information content (AvgIpc) is 3.00. The van der Waals surface area contributed by atoms with E-state index in [9.17, 15) is 0 Å². The Balaban J connectivity index is 2.10. The van der Waals surface area contributed by atoms with Crippen molar-refractivity contribution in [3.63, 3.8) is 0 Å². The minimum Gasteiger partial charge on any atom is -0.326 e. The van der Waals surface area contributed by atoms with E-state index in [1.165, 1.54) is 5.69 Å². The monoisotopic (exact) mass is 283 g/mol. The maximum Gasteiger partial charge on any atom is 0.161 e. The van der Waals surface area contributed by atoms with Crippen molar-refractivity contribution in [1.29, 1.82) is 0 Å². The zero-order chi connectivity index (χ0) is 15.0. The van der Waals surface area contributed by atoms with E-state index in [2.05, 4.69) is 47.3 Å². The molecule has 0 unspecified atom stereocenters. The van der Waals surface area contributed by atoms with Gasteiger partial charge in [-0.15, -0.1) is 0 Å². The maximum absolute atomic E-state index is 4.72. The highest BCUT2D eigenvalue weighted by Crippen LogP contribution is 2.23. The van der Waals surface area contributed by atoms with Crippen LogP contribution >= 0.6 is 0 Å². The van der Waals surface area contributed by atoms with Gasteiger partial charge in [0.15, 0.2) is 5.82 Å². The number of aryl methyl sites for hydroxylation is 2. The van der Waals surface area contributed by atoms with Crippen LogP contribution in [0, 0.1) is 0 Å². The van der Waals surface area contributed by atoms with Gasteiger partial charge in [-0.1, -0.05) is 12.1 Å². The molecule has 0 atom stereocenters. The minimum absolute atomic E-state index is 0.868. The Morgan fingerprint density at radius 1 is 1.19 bits per heavy atom. The lowest BCUT2D eigenvalue weighted by atomic mass is 10.3. The molecule has 2 aromatic heterocycles. The number of benzene rings is 1. The molecule has 0 aliphatic carbocycles. The van der Waals surface area contributed by atoms with Gasteiger partial charge in [0, 0.05) is 20.1 Å². The number of hydrogen-bond donors (Lipinski definition) is 0. The molecular weight excluding hydrogens is 262 g/mol. The van der Waals surface area contributed by atoms with E-state index in [-0.39, 0.29) is 0 Å². The number of aromatic nitrogens is 4. The highest BCUT2D eigenvalue weighted by molar-refractivity contribution is 5.79. The van der Waals surface area contributed by atoms with Crippen molar-refractivity contribution >= 4 is 11.0 Å². The average molecular weight is 283 g/mol. The van der Waals surface area contributed by atoms with Crippen molar-refractivity contribution in [3.8, 4) is 11.5 Å². The van der Waals surface area contributed by atoms with Gasteiger partial charge in [-0.3, -0.25) is 4.68 Å². The van der Waals surface area contributed by atoms with Gasteiger partial charge in [-0.25, -0.2) is 4.98 Å². The summed E-state index contributed by atoms with van der Waals surface area (Å²) < 4.78 is 4.16. The molecule has 0 radical (unpaired) electrons. The van der Waals surface area contributed by atoms with Gasteiger partial charge in [-0.05, 0) is 39.2 Å². The summed E-state index contributed by atoms with van der Waals surface area (Å²) in [5, 5.41) is 4.71. The summed E-state index contributed by atoms with van der Waals surface area (Å²) in [5.74, 6) is 0.920. The van der Waals surface area contributed by atoms with E-state index in [4.69, 9.17) is 10.1 Å². The Morgan fingerprint density at radius 3 is 2.62 bits per heavy atom. The molecule has 5 heteroatoms. The zero-order valence-corrected chi connectivity index (χ0v) is 13.0. The maximum atomic E-state index is 4.72. The van der Waals surface area contributed by atoms with Crippen molar-refractivity contribution in [1.82, 2.24) is 24.2 Å². The lowest BCUT2D eigenvalue weighted by Gasteiger charge is -2.10. The van der Waals surface area contributed by atoms with Crippen molar-refractivity contribution in [2.45, 2.75) is 20.0 Å². The third-order valence-electron chi connectivity index (χ3n) is 3.66. The van der Waals surface area contributed by atoms with Crippen LogP contribution in [0.2, 0.25) is 0 Å². The number of rotatable bonds is 4. The van der Waals surface area contributed by atoms with Gasteiger partial charge in [0.2, 0.25) is 0 Å². The van der Waals surface area contributed by atoms with Crippen molar-refractivity contribution in [2.24, 2.45) is 7.05 Å². The van der Waals surface area contributed by atoms with Gasteiger partial charge in [0.05, 0.1) is 16.7 Å². The van der Waals surface area contributed by atoms with Crippen LogP contribution in [0.25, 0.3) is 22.6 Å². The number of imidazole rings is 1. The molecule has 1 aromatic carbocycles. The minimum atomic E-state index is 0.868. The molecule has 3 aromatic rings. The molecule has 0 fully saturated rings. The largest absolute Gasteiger partial charge is 0.326 e. The molecule has 0 spiro atoms. The van der Waals surface area contributed by atoms with Gasteiger partial charge in [0.25, 0.3) is 0 Å². The summed E-state index contributed by atoms with van der Waals surface area (Å²) in [6, 6.07) is 10.3. The molecule has 2 heterocycles. The summed E-state index contributed by atoms with van der Waals surface area (Å²) >= 11 is 0. The molecule has 5 nitrogen and oxygen atoms in total. The van der Waals surface area contributed by atoms with Crippen LogP contribution in [-0.2, 0) is 20.1 Å². The molecule has 0 aliphatic heterocycles. The number of nitrogens with zero attached hydrogens (tertiary/aromatic N) is 5. The van der Waals surface area contributed by atoms with Crippen LogP contribution in [0.3, 0.4) is 0 Å². The molecule has 0 bridgehead atoms. The van der Waals surface area contributed by atoms with Gasteiger partial charge < -0.3 is 9.47 Å². The fraction of sp³-hybridized carbons (Fsp3) is 0.375.